The second-order valence-corrected chi connectivity index (χ2v) is 13.1. The molecule has 3 aromatic carbocycles. The summed E-state index contributed by atoms with van der Waals surface area (Å²) in [7, 11) is -1.24. The number of hydrogen-bond acceptors (Lipinski definition) is 6. The van der Waals surface area contributed by atoms with Crippen LogP contribution in [0.1, 0.15) is 50.2 Å². The van der Waals surface area contributed by atoms with E-state index in [2.05, 4.69) is 5.32 Å². The quantitative estimate of drug-likeness (QED) is 0.284. The average molecular weight is 622 g/mol. The van der Waals surface area contributed by atoms with Crippen LogP contribution in [0, 0.1) is 6.92 Å². The Hall–Kier alpha value is -4.05. The van der Waals surface area contributed by atoms with Crippen LogP contribution in [0.3, 0.4) is 0 Å². The van der Waals surface area contributed by atoms with Crippen LogP contribution in [0.5, 0.6) is 11.5 Å². The van der Waals surface area contributed by atoms with Crippen LogP contribution in [0.15, 0.2) is 77.7 Å². The van der Waals surface area contributed by atoms with Gasteiger partial charge in [0.2, 0.25) is 11.8 Å². The maximum atomic E-state index is 14.2. The van der Waals surface area contributed by atoms with Gasteiger partial charge in [-0.3, -0.25) is 13.9 Å². The number of amides is 2. The Morgan fingerprint density at radius 1 is 0.909 bits per heavy atom. The summed E-state index contributed by atoms with van der Waals surface area (Å²) < 4.78 is 40.1. The summed E-state index contributed by atoms with van der Waals surface area (Å²) in [5.41, 5.74) is 2.15. The highest BCUT2D eigenvalue weighted by Crippen LogP contribution is 2.34. The molecule has 0 unspecified atom stereocenters. The average Bonchev–Trinajstić information content (AvgIpc) is 3.04. The standard InChI is InChI=1S/C34H43N3O6S/c1-25-15-18-30(19-16-25)44(40,41)37(29-17-20-31(42-3)32(23-29)43-4)24-33(38)36(22-21-27-11-7-5-8-12-27)26(2)34(39)35-28-13-9-6-10-14-28/h5,7-8,11-12,15-20,23,26,28H,6,9-10,13-14,21-22,24H2,1-4H3,(H,35,39)/t26-/m0/s1. The zero-order valence-corrected chi connectivity index (χ0v) is 26.8. The summed E-state index contributed by atoms with van der Waals surface area (Å²) in [6.07, 6.45) is 5.62. The summed E-state index contributed by atoms with van der Waals surface area (Å²) in [6, 6.07) is 20.2. The molecule has 0 aromatic heterocycles. The molecule has 10 heteroatoms. The number of hydrogen-bond donors (Lipinski definition) is 1. The lowest BCUT2D eigenvalue weighted by molar-refractivity contribution is -0.139. The van der Waals surface area contributed by atoms with Gasteiger partial charge in [-0.15, -0.1) is 0 Å². The molecule has 3 aromatic rings. The van der Waals surface area contributed by atoms with Crippen molar-refractivity contribution in [2.24, 2.45) is 0 Å². The van der Waals surface area contributed by atoms with Crippen molar-refractivity contribution in [1.82, 2.24) is 10.2 Å². The smallest absolute Gasteiger partial charge is 0.264 e. The largest absolute Gasteiger partial charge is 0.493 e. The van der Waals surface area contributed by atoms with Crippen LogP contribution in [0.4, 0.5) is 5.69 Å². The van der Waals surface area contributed by atoms with Crippen molar-refractivity contribution in [2.45, 2.75) is 69.4 Å². The first-order valence-corrected chi connectivity index (χ1v) is 16.5. The van der Waals surface area contributed by atoms with E-state index < -0.39 is 28.5 Å². The highest BCUT2D eigenvalue weighted by molar-refractivity contribution is 7.92. The molecule has 1 aliphatic carbocycles. The molecule has 1 atom stereocenters. The maximum absolute atomic E-state index is 14.2. The Bertz CT molecular complexity index is 1510. The second kappa shape index (κ2) is 15.1. The number of benzene rings is 3. The summed E-state index contributed by atoms with van der Waals surface area (Å²) in [4.78, 5) is 29.2. The monoisotopic (exact) mass is 621 g/mol. The van der Waals surface area contributed by atoms with Crippen LogP contribution in [0.25, 0.3) is 0 Å². The lowest BCUT2D eigenvalue weighted by Crippen LogP contribution is -2.53. The Morgan fingerprint density at radius 3 is 2.20 bits per heavy atom. The van der Waals surface area contributed by atoms with E-state index in [1.165, 1.54) is 37.3 Å². The van der Waals surface area contributed by atoms with E-state index in [-0.39, 0.29) is 29.1 Å². The Balaban J connectivity index is 1.68. The number of ether oxygens (including phenoxy) is 2. The van der Waals surface area contributed by atoms with Gasteiger partial charge in [-0.25, -0.2) is 8.42 Å². The fourth-order valence-electron chi connectivity index (χ4n) is 5.49. The maximum Gasteiger partial charge on any atom is 0.264 e. The van der Waals surface area contributed by atoms with Gasteiger partial charge in [0.15, 0.2) is 11.5 Å². The number of aryl methyl sites for hydroxylation is 1. The van der Waals surface area contributed by atoms with Crippen LogP contribution >= 0.6 is 0 Å². The number of nitrogens with zero attached hydrogens (tertiary/aromatic N) is 2. The first-order chi connectivity index (χ1) is 21.1. The fourth-order valence-corrected chi connectivity index (χ4v) is 6.89. The summed E-state index contributed by atoms with van der Waals surface area (Å²) in [5, 5.41) is 3.13. The molecule has 0 heterocycles. The molecule has 0 saturated heterocycles. The third-order valence-electron chi connectivity index (χ3n) is 8.15. The molecular formula is C34H43N3O6S. The summed E-state index contributed by atoms with van der Waals surface area (Å²) in [5.74, 6) is 0.0190. The zero-order chi connectivity index (χ0) is 31.7. The van der Waals surface area contributed by atoms with E-state index in [4.69, 9.17) is 9.47 Å². The number of nitrogens with one attached hydrogen (secondary N) is 1. The molecule has 0 bridgehead atoms. The van der Waals surface area contributed by atoms with Crippen molar-refractivity contribution in [3.63, 3.8) is 0 Å². The van der Waals surface area contributed by atoms with Crippen molar-refractivity contribution < 1.29 is 27.5 Å². The van der Waals surface area contributed by atoms with E-state index in [1.807, 2.05) is 37.3 Å². The van der Waals surface area contributed by atoms with Gasteiger partial charge in [0.25, 0.3) is 10.0 Å². The molecule has 9 nitrogen and oxygen atoms in total. The molecule has 0 aliphatic heterocycles. The zero-order valence-electron chi connectivity index (χ0n) is 26.0. The lowest BCUT2D eigenvalue weighted by atomic mass is 9.95. The second-order valence-electron chi connectivity index (χ2n) is 11.2. The summed E-state index contributed by atoms with van der Waals surface area (Å²) >= 11 is 0. The van der Waals surface area contributed by atoms with E-state index in [0.29, 0.717) is 17.9 Å². The predicted octanol–water partition coefficient (Wildman–Crippen LogP) is 5.12. The van der Waals surface area contributed by atoms with E-state index >= 15 is 0 Å². The van der Waals surface area contributed by atoms with Crippen LogP contribution in [-0.4, -0.2) is 64.5 Å². The van der Waals surface area contributed by atoms with Crippen LogP contribution in [-0.2, 0) is 26.0 Å². The van der Waals surface area contributed by atoms with Crippen LogP contribution < -0.4 is 19.1 Å². The van der Waals surface area contributed by atoms with Gasteiger partial charge in [0.1, 0.15) is 12.6 Å². The molecule has 0 radical (unpaired) electrons. The van der Waals surface area contributed by atoms with Crippen molar-refractivity contribution in [3.8, 4) is 11.5 Å². The Morgan fingerprint density at radius 2 is 1.57 bits per heavy atom. The molecule has 1 saturated carbocycles. The lowest BCUT2D eigenvalue weighted by Gasteiger charge is -2.33. The third kappa shape index (κ3) is 8.11. The molecule has 1 aliphatic rings. The number of methoxy groups -OCH3 is 2. The minimum absolute atomic E-state index is 0.0459. The minimum Gasteiger partial charge on any atom is -0.493 e. The van der Waals surface area contributed by atoms with Crippen molar-refractivity contribution in [2.75, 3.05) is 31.6 Å². The normalized spacial score (nSPS) is 14.4. The van der Waals surface area contributed by atoms with Gasteiger partial charge in [-0.05, 0) is 62.9 Å². The molecule has 0 spiro atoms. The number of sulfonamides is 1. The number of carbonyl (C=O) groups excluding carboxylic acids is 2. The van der Waals surface area contributed by atoms with Crippen LogP contribution in [0.2, 0.25) is 0 Å². The van der Waals surface area contributed by atoms with E-state index in [0.717, 1.165) is 47.5 Å². The first-order valence-electron chi connectivity index (χ1n) is 15.1. The van der Waals surface area contributed by atoms with E-state index in [1.54, 1.807) is 31.2 Å². The van der Waals surface area contributed by atoms with Crippen molar-refractivity contribution in [1.29, 1.82) is 0 Å². The van der Waals surface area contributed by atoms with Gasteiger partial charge in [0.05, 0.1) is 24.8 Å². The summed E-state index contributed by atoms with van der Waals surface area (Å²) in [6.45, 7) is 3.31. The van der Waals surface area contributed by atoms with Crippen molar-refractivity contribution >= 4 is 27.5 Å². The van der Waals surface area contributed by atoms with E-state index in [9.17, 15) is 18.0 Å². The van der Waals surface area contributed by atoms with Crippen molar-refractivity contribution in [3.05, 3.63) is 83.9 Å². The highest BCUT2D eigenvalue weighted by Gasteiger charge is 2.33. The Labute approximate surface area is 261 Å². The molecule has 4 rings (SSSR count). The number of rotatable bonds is 13. The number of anilines is 1. The topological polar surface area (TPSA) is 105 Å². The number of carbonyl (C=O) groups is 2. The molecule has 236 valence electrons. The fraction of sp³-hybridized carbons (Fsp3) is 0.412. The molecule has 44 heavy (non-hydrogen) atoms. The van der Waals surface area contributed by atoms with Gasteiger partial charge in [0, 0.05) is 18.7 Å². The van der Waals surface area contributed by atoms with Gasteiger partial charge < -0.3 is 19.7 Å². The SMILES string of the molecule is COc1ccc(N(CC(=O)N(CCc2ccccc2)[C@@H](C)C(=O)NC2CCCCC2)S(=O)(=O)c2ccc(C)cc2)cc1OC. The molecule has 1 fully saturated rings. The third-order valence-corrected chi connectivity index (χ3v) is 9.93. The van der Waals surface area contributed by atoms with Gasteiger partial charge >= 0.3 is 0 Å². The van der Waals surface area contributed by atoms with Gasteiger partial charge in [-0.2, -0.15) is 0 Å². The minimum atomic E-state index is -4.19. The molecular weight excluding hydrogens is 578 g/mol. The highest BCUT2D eigenvalue weighted by atomic mass is 32.2. The molecule has 2 amide bonds. The first kappa shape index (κ1) is 32.9. The predicted molar refractivity (Wildman–Crippen MR) is 172 cm³/mol. The molecule has 1 N–H and O–H groups in total. The Kier molecular flexibility index (Phi) is 11.3. The van der Waals surface area contributed by atoms with Gasteiger partial charge in [-0.1, -0.05) is 67.3 Å².